The Labute approximate surface area is 130 Å². The number of piperidine rings is 1. The third-order valence-corrected chi connectivity index (χ3v) is 4.03. The number of primary amides is 1. The van der Waals surface area contributed by atoms with Gasteiger partial charge in [-0.3, -0.25) is 9.69 Å². The first-order valence-electron chi connectivity index (χ1n) is 7.36. The number of anilines is 1. The van der Waals surface area contributed by atoms with Gasteiger partial charge in [0.05, 0.1) is 6.54 Å². The summed E-state index contributed by atoms with van der Waals surface area (Å²) in [4.78, 5) is 21.4. The van der Waals surface area contributed by atoms with E-state index in [0.29, 0.717) is 17.7 Å². The van der Waals surface area contributed by atoms with E-state index in [1.165, 1.54) is 6.33 Å². The molecular weight excluding hydrogens is 290 g/mol. The zero-order valence-electron chi connectivity index (χ0n) is 12.3. The van der Waals surface area contributed by atoms with Crippen molar-refractivity contribution < 1.29 is 4.79 Å². The van der Waals surface area contributed by atoms with E-state index in [2.05, 4.69) is 27.1 Å². The summed E-state index contributed by atoms with van der Waals surface area (Å²) in [6.45, 7) is 4.17. The maximum atomic E-state index is 10.9. The van der Waals surface area contributed by atoms with E-state index in [0.717, 1.165) is 50.2 Å². The van der Waals surface area contributed by atoms with Gasteiger partial charge in [0.2, 0.25) is 5.91 Å². The number of carbonyl (C=O) groups excluding carboxylic acids is 1. The van der Waals surface area contributed by atoms with Crippen LogP contribution in [-0.4, -0.2) is 46.5 Å². The van der Waals surface area contributed by atoms with Gasteiger partial charge in [-0.05, 0) is 19.3 Å². The molecule has 1 aromatic rings. The zero-order valence-corrected chi connectivity index (χ0v) is 13.1. The van der Waals surface area contributed by atoms with E-state index in [-0.39, 0.29) is 5.91 Å². The topological polar surface area (TPSA) is 84.1 Å². The highest BCUT2D eigenvalue weighted by Gasteiger charge is 2.21. The van der Waals surface area contributed by atoms with Crippen molar-refractivity contribution in [2.45, 2.75) is 38.6 Å². The van der Waals surface area contributed by atoms with E-state index in [1.54, 1.807) is 0 Å². The number of rotatable bonds is 6. The monoisotopic (exact) mass is 311 g/mol. The van der Waals surface area contributed by atoms with Gasteiger partial charge in [0.25, 0.3) is 0 Å². The van der Waals surface area contributed by atoms with Crippen LogP contribution in [0, 0.1) is 0 Å². The van der Waals surface area contributed by atoms with Gasteiger partial charge in [-0.15, -0.1) is 0 Å². The number of nitrogens with zero attached hydrogens (tertiary/aromatic N) is 3. The molecule has 1 aliphatic heterocycles. The Bertz CT molecular complexity index is 488. The van der Waals surface area contributed by atoms with Crippen molar-refractivity contribution in [1.29, 1.82) is 0 Å². The molecule has 1 saturated heterocycles. The lowest BCUT2D eigenvalue weighted by Gasteiger charge is -2.32. The molecule has 0 spiro atoms. The molecule has 0 atom stereocenters. The molecule has 3 N–H and O–H groups in total. The highest BCUT2D eigenvalue weighted by Crippen LogP contribution is 2.24. The van der Waals surface area contributed by atoms with Crippen molar-refractivity contribution >= 4 is 23.3 Å². The second kappa shape index (κ2) is 7.56. The van der Waals surface area contributed by atoms with Crippen LogP contribution in [0.25, 0.3) is 0 Å². The lowest BCUT2D eigenvalue weighted by atomic mass is 10.0. The number of carbonyl (C=O) groups is 1. The third kappa shape index (κ3) is 4.54. The molecule has 0 aromatic carbocycles. The van der Waals surface area contributed by atoms with E-state index in [4.69, 9.17) is 17.3 Å². The first-order chi connectivity index (χ1) is 10.1. The summed E-state index contributed by atoms with van der Waals surface area (Å²) in [5.41, 5.74) is 6.21. The molecule has 0 unspecified atom stereocenters. The van der Waals surface area contributed by atoms with Gasteiger partial charge in [0.15, 0.2) is 0 Å². The largest absolute Gasteiger partial charge is 0.369 e. The number of hydrogen-bond donors (Lipinski definition) is 2. The zero-order chi connectivity index (χ0) is 15.2. The Kier molecular flexibility index (Phi) is 5.76. The predicted molar refractivity (Wildman–Crippen MR) is 83.3 cm³/mol. The number of likely N-dealkylation sites (tertiary alicyclic amines) is 1. The van der Waals surface area contributed by atoms with Crippen LogP contribution in [-0.2, 0) is 11.2 Å². The van der Waals surface area contributed by atoms with Crippen LogP contribution in [0.3, 0.4) is 0 Å². The van der Waals surface area contributed by atoms with Crippen LogP contribution < -0.4 is 11.1 Å². The smallest absolute Gasteiger partial charge is 0.231 e. The predicted octanol–water partition coefficient (Wildman–Crippen LogP) is 1.44. The van der Waals surface area contributed by atoms with Crippen LogP contribution in [0.2, 0.25) is 5.15 Å². The van der Waals surface area contributed by atoms with Crippen LogP contribution in [0.1, 0.15) is 31.7 Å². The molecule has 0 aliphatic carbocycles. The lowest BCUT2D eigenvalue weighted by Crippen LogP contribution is -2.43. The van der Waals surface area contributed by atoms with Crippen LogP contribution in [0.4, 0.5) is 5.82 Å². The fourth-order valence-corrected chi connectivity index (χ4v) is 2.86. The number of amides is 1. The number of nitrogens with one attached hydrogen (secondary N) is 1. The minimum absolute atomic E-state index is 0.269. The van der Waals surface area contributed by atoms with Gasteiger partial charge in [0, 0.05) is 24.7 Å². The van der Waals surface area contributed by atoms with Gasteiger partial charge >= 0.3 is 0 Å². The molecule has 116 valence electrons. The standard InChI is InChI=1S/C14H22ClN5O/c1-2-3-11-13(15)17-9-18-14(11)19-10-4-6-20(7-5-10)8-12(16)21/h9-10H,2-8H2,1H3,(H2,16,21)(H,17,18,19). The minimum atomic E-state index is -0.269. The molecule has 1 aromatic heterocycles. The maximum absolute atomic E-state index is 10.9. The lowest BCUT2D eigenvalue weighted by molar-refractivity contribution is -0.119. The summed E-state index contributed by atoms with van der Waals surface area (Å²) in [7, 11) is 0. The molecule has 0 saturated carbocycles. The Morgan fingerprint density at radius 1 is 1.48 bits per heavy atom. The summed E-state index contributed by atoms with van der Waals surface area (Å²) >= 11 is 6.16. The van der Waals surface area contributed by atoms with Crippen LogP contribution in [0.15, 0.2) is 6.33 Å². The van der Waals surface area contributed by atoms with Crippen molar-refractivity contribution in [1.82, 2.24) is 14.9 Å². The van der Waals surface area contributed by atoms with E-state index < -0.39 is 0 Å². The van der Waals surface area contributed by atoms with Crippen molar-refractivity contribution in [2.24, 2.45) is 5.73 Å². The Morgan fingerprint density at radius 3 is 2.81 bits per heavy atom. The molecule has 7 heteroatoms. The normalized spacial score (nSPS) is 16.9. The summed E-state index contributed by atoms with van der Waals surface area (Å²) in [5, 5.41) is 4.00. The Balaban J connectivity index is 1.94. The SMILES string of the molecule is CCCc1c(Cl)ncnc1NC1CCN(CC(N)=O)CC1. The summed E-state index contributed by atoms with van der Waals surface area (Å²) in [6, 6.07) is 0.343. The second-order valence-corrected chi connectivity index (χ2v) is 5.76. The fourth-order valence-electron chi connectivity index (χ4n) is 2.64. The van der Waals surface area contributed by atoms with E-state index in [9.17, 15) is 4.79 Å². The van der Waals surface area contributed by atoms with Crippen LogP contribution >= 0.6 is 11.6 Å². The molecule has 2 heterocycles. The van der Waals surface area contributed by atoms with Crippen molar-refractivity contribution in [3.63, 3.8) is 0 Å². The number of aromatic nitrogens is 2. The van der Waals surface area contributed by atoms with E-state index in [1.807, 2.05) is 0 Å². The number of nitrogens with two attached hydrogens (primary N) is 1. The molecule has 1 aliphatic rings. The van der Waals surface area contributed by atoms with Gasteiger partial charge in [-0.25, -0.2) is 9.97 Å². The summed E-state index contributed by atoms with van der Waals surface area (Å²) < 4.78 is 0. The first kappa shape index (κ1) is 16.0. The average molecular weight is 312 g/mol. The van der Waals surface area contributed by atoms with Crippen molar-refractivity contribution in [3.05, 3.63) is 17.0 Å². The first-order valence-corrected chi connectivity index (χ1v) is 7.74. The summed E-state index contributed by atoms with van der Waals surface area (Å²) in [6.07, 6.45) is 5.27. The van der Waals surface area contributed by atoms with E-state index >= 15 is 0 Å². The molecule has 0 bridgehead atoms. The van der Waals surface area contributed by atoms with Crippen LogP contribution in [0.5, 0.6) is 0 Å². The Morgan fingerprint density at radius 2 is 2.19 bits per heavy atom. The van der Waals surface area contributed by atoms with Crippen molar-refractivity contribution in [2.75, 3.05) is 25.0 Å². The minimum Gasteiger partial charge on any atom is -0.369 e. The van der Waals surface area contributed by atoms with Crippen molar-refractivity contribution in [3.8, 4) is 0 Å². The molecule has 21 heavy (non-hydrogen) atoms. The Hall–Kier alpha value is -1.40. The quantitative estimate of drug-likeness (QED) is 0.777. The molecule has 1 amide bonds. The molecular formula is C14H22ClN5O. The highest BCUT2D eigenvalue weighted by molar-refractivity contribution is 6.30. The molecule has 6 nitrogen and oxygen atoms in total. The van der Waals surface area contributed by atoms with Gasteiger partial charge in [-0.1, -0.05) is 24.9 Å². The van der Waals surface area contributed by atoms with Gasteiger partial charge in [-0.2, -0.15) is 0 Å². The molecule has 2 rings (SSSR count). The third-order valence-electron chi connectivity index (χ3n) is 3.70. The number of hydrogen-bond acceptors (Lipinski definition) is 5. The highest BCUT2D eigenvalue weighted by atomic mass is 35.5. The molecule has 1 fully saturated rings. The molecule has 0 radical (unpaired) electrons. The second-order valence-electron chi connectivity index (χ2n) is 5.40. The van der Waals surface area contributed by atoms with Gasteiger partial charge in [0.1, 0.15) is 17.3 Å². The maximum Gasteiger partial charge on any atom is 0.231 e. The fraction of sp³-hybridized carbons (Fsp3) is 0.643. The van der Waals surface area contributed by atoms with Gasteiger partial charge < -0.3 is 11.1 Å². The number of halogens is 1. The average Bonchev–Trinajstić information content (AvgIpc) is 2.44. The summed E-state index contributed by atoms with van der Waals surface area (Å²) in [5.74, 6) is 0.569.